The van der Waals surface area contributed by atoms with Crippen LogP contribution in [0.5, 0.6) is 5.75 Å². The van der Waals surface area contributed by atoms with Gasteiger partial charge >= 0.3 is 5.69 Å². The van der Waals surface area contributed by atoms with Crippen LogP contribution < -0.4 is 16.0 Å². The Bertz CT molecular complexity index is 1510. The highest BCUT2D eigenvalue weighted by atomic mass is 35.5. The quantitative estimate of drug-likeness (QED) is 0.366. The van der Waals surface area contributed by atoms with Gasteiger partial charge in [0.05, 0.1) is 43.3 Å². The summed E-state index contributed by atoms with van der Waals surface area (Å²) in [6, 6.07) is 13.6. The summed E-state index contributed by atoms with van der Waals surface area (Å²) in [5, 5.41) is 0.335. The average molecular weight is 495 g/mol. The van der Waals surface area contributed by atoms with Gasteiger partial charge in [-0.1, -0.05) is 23.7 Å². The van der Waals surface area contributed by atoms with Crippen molar-refractivity contribution in [3.8, 4) is 11.4 Å². The summed E-state index contributed by atoms with van der Waals surface area (Å²) in [5.41, 5.74) is 0.0639. The van der Waals surface area contributed by atoms with E-state index in [1.807, 2.05) is 0 Å². The van der Waals surface area contributed by atoms with Crippen molar-refractivity contribution >= 4 is 28.5 Å². The number of ether oxygens (including phenoxy) is 2. The third-order valence-electron chi connectivity index (χ3n) is 6.13. The molecule has 35 heavy (non-hydrogen) atoms. The molecule has 0 bridgehead atoms. The van der Waals surface area contributed by atoms with E-state index in [-0.39, 0.29) is 36.1 Å². The zero-order valence-corrected chi connectivity index (χ0v) is 19.8. The fourth-order valence-corrected chi connectivity index (χ4v) is 4.55. The number of hydrogen-bond donors (Lipinski definition) is 0. The molecule has 0 spiro atoms. The van der Waals surface area contributed by atoms with Gasteiger partial charge in [0, 0.05) is 12.2 Å². The van der Waals surface area contributed by atoms with Crippen molar-refractivity contribution in [3.63, 3.8) is 0 Å². The number of benzene rings is 2. The van der Waals surface area contributed by atoms with Crippen molar-refractivity contribution < 1.29 is 14.3 Å². The van der Waals surface area contributed by atoms with E-state index in [2.05, 4.69) is 4.98 Å². The molecule has 180 valence electrons. The Kier molecular flexibility index (Phi) is 6.27. The molecule has 1 aliphatic heterocycles. The lowest BCUT2D eigenvalue weighted by molar-refractivity contribution is 0.0947. The van der Waals surface area contributed by atoms with Gasteiger partial charge in [0.15, 0.2) is 16.9 Å². The molecule has 0 amide bonds. The molecule has 0 saturated carbocycles. The molecule has 0 radical (unpaired) electrons. The Morgan fingerprint density at radius 1 is 1.17 bits per heavy atom. The average Bonchev–Trinajstić information content (AvgIpc) is 3.53. The van der Waals surface area contributed by atoms with Gasteiger partial charge in [-0.2, -0.15) is 0 Å². The number of carbonyl (C=O) groups excluding carboxylic acids is 1. The molecular formula is C25H23ClN4O5. The molecule has 2 aromatic heterocycles. The van der Waals surface area contributed by atoms with Crippen molar-refractivity contribution in [3.05, 3.63) is 86.3 Å². The number of ketones is 1. The Balaban J connectivity index is 1.65. The van der Waals surface area contributed by atoms with Crippen molar-refractivity contribution in [2.75, 3.05) is 13.7 Å². The molecule has 9 nitrogen and oxygen atoms in total. The summed E-state index contributed by atoms with van der Waals surface area (Å²) in [5.74, 6) is 0.419. The third kappa shape index (κ3) is 4.28. The van der Waals surface area contributed by atoms with E-state index in [1.165, 1.54) is 15.5 Å². The van der Waals surface area contributed by atoms with Crippen LogP contribution >= 0.6 is 11.6 Å². The highest BCUT2D eigenvalue weighted by Gasteiger charge is 2.24. The van der Waals surface area contributed by atoms with Crippen molar-refractivity contribution in [2.24, 2.45) is 0 Å². The fraction of sp³-hybridized carbons (Fsp3) is 0.280. The van der Waals surface area contributed by atoms with Gasteiger partial charge in [0.25, 0.3) is 5.56 Å². The second-order valence-electron chi connectivity index (χ2n) is 8.32. The predicted molar refractivity (Wildman–Crippen MR) is 131 cm³/mol. The molecule has 1 atom stereocenters. The van der Waals surface area contributed by atoms with Crippen LogP contribution in [-0.4, -0.2) is 44.3 Å². The Labute approximate surface area is 205 Å². The largest absolute Gasteiger partial charge is 0.497 e. The van der Waals surface area contributed by atoms with E-state index in [1.54, 1.807) is 55.6 Å². The van der Waals surface area contributed by atoms with Gasteiger partial charge in [-0.3, -0.25) is 14.2 Å². The van der Waals surface area contributed by atoms with Gasteiger partial charge in [-0.05, 0) is 49.2 Å². The summed E-state index contributed by atoms with van der Waals surface area (Å²) in [7, 11) is 1.55. The Morgan fingerprint density at radius 3 is 2.63 bits per heavy atom. The lowest BCUT2D eigenvalue weighted by atomic mass is 10.1. The standard InChI is InChI=1S/C25H23ClN4O5/c1-34-17-10-8-16(9-11-17)21(31)14-28-15-27-23-22(28)24(32)29(13-18-5-4-12-35-18)25(33)30(23)20-7-3-2-6-19(20)26/h2-3,6-11,15,18H,4-5,12-14H2,1H3. The maximum absolute atomic E-state index is 13.6. The second kappa shape index (κ2) is 9.52. The predicted octanol–water partition coefficient (Wildman–Crippen LogP) is 3.07. The third-order valence-corrected chi connectivity index (χ3v) is 6.45. The number of rotatable bonds is 7. The first-order chi connectivity index (χ1) is 17.0. The number of Topliss-reactive ketones (excluding diaryl/α,β-unsaturated/α-hetero) is 1. The second-order valence-corrected chi connectivity index (χ2v) is 8.72. The lowest BCUT2D eigenvalue weighted by Crippen LogP contribution is -2.42. The van der Waals surface area contributed by atoms with E-state index in [0.717, 1.165) is 17.4 Å². The zero-order valence-electron chi connectivity index (χ0n) is 19.0. The van der Waals surface area contributed by atoms with E-state index in [0.29, 0.717) is 28.6 Å². The van der Waals surface area contributed by atoms with Crippen LogP contribution in [0.2, 0.25) is 5.02 Å². The SMILES string of the molecule is COc1ccc(C(=O)Cn2cnc3c2c(=O)n(CC2CCCO2)c(=O)n3-c2ccccc2Cl)cc1. The molecule has 0 aliphatic carbocycles. The zero-order chi connectivity index (χ0) is 24.5. The van der Waals surface area contributed by atoms with Crippen LogP contribution in [0.15, 0.2) is 64.4 Å². The van der Waals surface area contributed by atoms with E-state index < -0.39 is 11.2 Å². The van der Waals surface area contributed by atoms with Crippen LogP contribution in [0.3, 0.4) is 0 Å². The molecule has 1 unspecified atom stereocenters. The molecule has 1 fully saturated rings. The van der Waals surface area contributed by atoms with Crippen molar-refractivity contribution in [2.45, 2.75) is 32.0 Å². The molecular weight excluding hydrogens is 472 g/mol. The Morgan fingerprint density at radius 2 is 1.94 bits per heavy atom. The first-order valence-electron chi connectivity index (χ1n) is 11.2. The van der Waals surface area contributed by atoms with E-state index in [4.69, 9.17) is 21.1 Å². The Hall–Kier alpha value is -3.69. The van der Waals surface area contributed by atoms with Crippen LogP contribution in [-0.2, 0) is 17.8 Å². The highest BCUT2D eigenvalue weighted by molar-refractivity contribution is 6.32. The summed E-state index contributed by atoms with van der Waals surface area (Å²) in [6.07, 6.45) is 2.78. The van der Waals surface area contributed by atoms with Crippen molar-refractivity contribution in [1.82, 2.24) is 18.7 Å². The monoisotopic (exact) mass is 494 g/mol. The van der Waals surface area contributed by atoms with Gasteiger partial charge in [0.1, 0.15) is 5.75 Å². The van der Waals surface area contributed by atoms with Gasteiger partial charge in [-0.15, -0.1) is 0 Å². The topological polar surface area (TPSA) is 97.4 Å². The minimum Gasteiger partial charge on any atom is -0.497 e. The summed E-state index contributed by atoms with van der Waals surface area (Å²) in [4.78, 5) is 44.5. The molecule has 4 aromatic rings. The van der Waals surface area contributed by atoms with Crippen LogP contribution in [0, 0.1) is 0 Å². The summed E-state index contributed by atoms with van der Waals surface area (Å²) in [6.45, 7) is 0.572. The first kappa shape index (κ1) is 23.1. The molecule has 2 aromatic carbocycles. The number of hydrogen-bond acceptors (Lipinski definition) is 6. The summed E-state index contributed by atoms with van der Waals surface area (Å²) >= 11 is 6.42. The number of methoxy groups -OCH3 is 1. The maximum Gasteiger partial charge on any atom is 0.337 e. The summed E-state index contributed by atoms with van der Waals surface area (Å²) < 4.78 is 14.8. The highest BCUT2D eigenvalue weighted by Crippen LogP contribution is 2.22. The van der Waals surface area contributed by atoms with Gasteiger partial charge in [0.2, 0.25) is 0 Å². The molecule has 10 heteroatoms. The smallest absolute Gasteiger partial charge is 0.337 e. The number of nitrogens with zero attached hydrogens (tertiary/aromatic N) is 4. The van der Waals surface area contributed by atoms with Gasteiger partial charge in [-0.25, -0.2) is 14.3 Å². The van der Waals surface area contributed by atoms with E-state index in [9.17, 15) is 14.4 Å². The number of imidazole rings is 1. The number of fused-ring (bicyclic) bond motifs is 1. The molecule has 0 N–H and O–H groups in total. The molecule has 5 rings (SSSR count). The number of para-hydroxylation sites is 1. The minimum atomic E-state index is -0.558. The lowest BCUT2D eigenvalue weighted by Gasteiger charge is -2.16. The van der Waals surface area contributed by atoms with Crippen LogP contribution in [0.4, 0.5) is 0 Å². The minimum absolute atomic E-state index is 0.107. The number of halogens is 1. The molecule has 1 aliphatic rings. The van der Waals surface area contributed by atoms with Gasteiger partial charge < -0.3 is 14.0 Å². The van der Waals surface area contributed by atoms with Crippen molar-refractivity contribution in [1.29, 1.82) is 0 Å². The molecule has 3 heterocycles. The van der Waals surface area contributed by atoms with Crippen LogP contribution in [0.1, 0.15) is 23.2 Å². The maximum atomic E-state index is 13.6. The molecule has 1 saturated heterocycles. The van der Waals surface area contributed by atoms with Crippen LogP contribution in [0.25, 0.3) is 16.9 Å². The number of carbonyl (C=O) groups is 1. The fourth-order valence-electron chi connectivity index (χ4n) is 4.33. The normalized spacial score (nSPS) is 15.5. The van der Waals surface area contributed by atoms with E-state index >= 15 is 0 Å². The number of aromatic nitrogens is 4. The first-order valence-corrected chi connectivity index (χ1v) is 11.6.